The van der Waals surface area contributed by atoms with Crippen LogP contribution in [0.2, 0.25) is 0 Å². The van der Waals surface area contributed by atoms with Crippen LogP contribution in [0.1, 0.15) is 5.69 Å². The smallest absolute Gasteiger partial charge is 0.274 e. The van der Waals surface area contributed by atoms with E-state index in [0.717, 1.165) is 0 Å². The Kier molecular flexibility index (Phi) is 2.89. The van der Waals surface area contributed by atoms with Crippen LogP contribution in [0.25, 0.3) is 22.4 Å². The lowest BCUT2D eigenvalue weighted by Crippen LogP contribution is -2.22. The van der Waals surface area contributed by atoms with Gasteiger partial charge in [0, 0.05) is 18.0 Å². The van der Waals surface area contributed by atoms with E-state index in [2.05, 4.69) is 15.1 Å². The molecule has 0 saturated heterocycles. The van der Waals surface area contributed by atoms with Crippen LogP contribution >= 0.6 is 0 Å². The largest absolute Gasteiger partial charge is 0.293 e. The molecule has 0 spiro atoms. The lowest BCUT2D eigenvalue weighted by molar-refractivity contribution is -0.384. The highest BCUT2D eigenvalue weighted by molar-refractivity contribution is 5.80. The summed E-state index contributed by atoms with van der Waals surface area (Å²) in [7, 11) is 0. The highest BCUT2D eigenvalue weighted by Crippen LogP contribution is 2.23. The Hall–Kier alpha value is -3.62. The van der Waals surface area contributed by atoms with Gasteiger partial charge < -0.3 is 0 Å². The lowest BCUT2D eigenvalue weighted by Gasteiger charge is -2.12. The number of aryl methyl sites for hydroxylation is 1. The van der Waals surface area contributed by atoms with Crippen LogP contribution in [0, 0.1) is 17.0 Å². The Morgan fingerprint density at radius 3 is 2.79 bits per heavy atom. The molecule has 0 fully saturated rings. The van der Waals surface area contributed by atoms with Gasteiger partial charge in [0.1, 0.15) is 12.0 Å². The Morgan fingerprint density at radius 2 is 2.00 bits per heavy atom. The van der Waals surface area contributed by atoms with E-state index < -0.39 is 10.5 Å². The maximum absolute atomic E-state index is 12.9. The number of hydrogen-bond donors (Lipinski definition) is 0. The van der Waals surface area contributed by atoms with Gasteiger partial charge in [-0.25, -0.2) is 4.98 Å². The summed E-state index contributed by atoms with van der Waals surface area (Å²) in [5, 5.41) is 15.6. The second-order valence-corrected chi connectivity index (χ2v) is 5.20. The third kappa shape index (κ3) is 1.88. The zero-order chi connectivity index (χ0) is 16.8. The van der Waals surface area contributed by atoms with Crippen molar-refractivity contribution in [2.45, 2.75) is 6.92 Å². The first kappa shape index (κ1) is 14.0. The Bertz CT molecular complexity index is 1180. The molecule has 0 amide bonds. The molecule has 4 aromatic rings. The highest BCUT2D eigenvalue weighted by Gasteiger charge is 2.19. The molecule has 0 saturated carbocycles. The molecular formula is C15H10N6O3. The fourth-order valence-electron chi connectivity index (χ4n) is 2.75. The third-order valence-electron chi connectivity index (χ3n) is 3.79. The minimum absolute atomic E-state index is 0.142. The van der Waals surface area contributed by atoms with Crippen LogP contribution in [-0.4, -0.2) is 29.1 Å². The Balaban J connectivity index is 2.13. The standard InChI is InChI=1S/C15H10N6O3/c1-9-6-13-10(7-16-15-17-8-18-20(13)15)14(22)19(9)11-4-2-3-5-12(11)21(23)24/h2-8H,1H3. The van der Waals surface area contributed by atoms with Gasteiger partial charge in [-0.2, -0.15) is 14.6 Å². The summed E-state index contributed by atoms with van der Waals surface area (Å²) in [6.45, 7) is 1.71. The molecule has 1 aromatic carbocycles. The average Bonchev–Trinajstić information content (AvgIpc) is 3.04. The summed E-state index contributed by atoms with van der Waals surface area (Å²) in [6.07, 6.45) is 2.76. The molecule has 3 heterocycles. The van der Waals surface area contributed by atoms with E-state index in [1.165, 1.54) is 27.7 Å². The summed E-state index contributed by atoms with van der Waals surface area (Å²) >= 11 is 0. The first-order valence-electron chi connectivity index (χ1n) is 7.03. The number of aromatic nitrogens is 5. The average molecular weight is 322 g/mol. The Morgan fingerprint density at radius 1 is 1.21 bits per heavy atom. The van der Waals surface area contributed by atoms with E-state index in [1.54, 1.807) is 31.2 Å². The van der Waals surface area contributed by atoms with Crippen molar-refractivity contribution in [3.63, 3.8) is 0 Å². The van der Waals surface area contributed by atoms with E-state index in [1.807, 2.05) is 0 Å². The number of nitro groups is 1. The predicted molar refractivity (Wildman–Crippen MR) is 85.3 cm³/mol. The molecule has 0 aliphatic carbocycles. The van der Waals surface area contributed by atoms with Gasteiger partial charge in [0.2, 0.25) is 0 Å². The van der Waals surface area contributed by atoms with Crippen molar-refractivity contribution >= 4 is 22.4 Å². The number of pyridine rings is 1. The van der Waals surface area contributed by atoms with Crippen molar-refractivity contribution in [1.82, 2.24) is 24.1 Å². The quantitative estimate of drug-likeness (QED) is 0.410. The van der Waals surface area contributed by atoms with Gasteiger partial charge >= 0.3 is 0 Å². The molecule has 0 aliphatic heterocycles. The summed E-state index contributed by atoms with van der Waals surface area (Å²) in [5.74, 6) is 0.379. The van der Waals surface area contributed by atoms with Crippen molar-refractivity contribution in [1.29, 1.82) is 0 Å². The van der Waals surface area contributed by atoms with Crippen molar-refractivity contribution in [2.75, 3.05) is 0 Å². The minimum atomic E-state index is -0.510. The topological polar surface area (TPSA) is 108 Å². The normalized spacial score (nSPS) is 11.2. The molecule has 118 valence electrons. The molecule has 4 rings (SSSR count). The first-order valence-corrected chi connectivity index (χ1v) is 7.03. The lowest BCUT2D eigenvalue weighted by atomic mass is 10.2. The van der Waals surface area contributed by atoms with E-state index in [4.69, 9.17) is 0 Å². The molecule has 0 bridgehead atoms. The van der Waals surface area contributed by atoms with Gasteiger partial charge in [-0.3, -0.25) is 19.5 Å². The SMILES string of the molecule is Cc1cc2c(cnc3ncnn32)c(=O)n1-c1ccccc1[N+](=O)[O-]. The zero-order valence-corrected chi connectivity index (χ0v) is 12.4. The number of hydrogen-bond acceptors (Lipinski definition) is 6. The second kappa shape index (κ2) is 4.95. The van der Waals surface area contributed by atoms with Gasteiger partial charge in [-0.15, -0.1) is 0 Å². The fourth-order valence-corrected chi connectivity index (χ4v) is 2.75. The van der Waals surface area contributed by atoms with E-state index in [0.29, 0.717) is 22.4 Å². The van der Waals surface area contributed by atoms with Crippen LogP contribution in [0.4, 0.5) is 5.69 Å². The van der Waals surface area contributed by atoms with Crippen molar-refractivity contribution < 1.29 is 4.92 Å². The molecule has 9 nitrogen and oxygen atoms in total. The number of nitro benzene ring substituents is 1. The van der Waals surface area contributed by atoms with Gasteiger partial charge in [0.05, 0.1) is 15.8 Å². The number of benzene rings is 1. The maximum atomic E-state index is 12.9. The highest BCUT2D eigenvalue weighted by atomic mass is 16.6. The van der Waals surface area contributed by atoms with Crippen molar-refractivity contribution in [3.05, 3.63) is 69.0 Å². The second-order valence-electron chi connectivity index (χ2n) is 5.20. The maximum Gasteiger partial charge on any atom is 0.293 e. The summed E-state index contributed by atoms with van der Waals surface area (Å²) < 4.78 is 2.78. The molecule has 0 unspecified atom stereocenters. The van der Waals surface area contributed by atoms with Gasteiger partial charge in [0.25, 0.3) is 17.0 Å². The van der Waals surface area contributed by atoms with Crippen LogP contribution in [0.3, 0.4) is 0 Å². The number of fused-ring (bicyclic) bond motifs is 3. The van der Waals surface area contributed by atoms with Crippen LogP contribution < -0.4 is 5.56 Å². The summed E-state index contributed by atoms with van der Waals surface area (Å²) in [6, 6.07) is 7.85. The molecule has 0 radical (unpaired) electrons. The number of para-hydroxylation sites is 2. The van der Waals surface area contributed by atoms with Gasteiger partial charge in [-0.05, 0) is 19.1 Å². The fraction of sp³-hybridized carbons (Fsp3) is 0.0667. The van der Waals surface area contributed by atoms with E-state index in [-0.39, 0.29) is 11.4 Å². The van der Waals surface area contributed by atoms with E-state index in [9.17, 15) is 14.9 Å². The number of nitrogens with zero attached hydrogens (tertiary/aromatic N) is 6. The Labute approximate surface area is 134 Å². The predicted octanol–water partition coefficient (Wildman–Crippen LogP) is 1.65. The zero-order valence-electron chi connectivity index (χ0n) is 12.4. The molecule has 0 aliphatic rings. The first-order chi connectivity index (χ1) is 11.6. The molecule has 9 heteroatoms. The molecular weight excluding hydrogens is 312 g/mol. The molecule has 0 atom stereocenters. The van der Waals surface area contributed by atoms with Crippen molar-refractivity contribution in [2.24, 2.45) is 0 Å². The monoisotopic (exact) mass is 322 g/mol. The molecule has 3 aromatic heterocycles. The van der Waals surface area contributed by atoms with Crippen molar-refractivity contribution in [3.8, 4) is 5.69 Å². The van der Waals surface area contributed by atoms with E-state index >= 15 is 0 Å². The third-order valence-corrected chi connectivity index (χ3v) is 3.79. The molecule has 24 heavy (non-hydrogen) atoms. The van der Waals surface area contributed by atoms with Crippen LogP contribution in [-0.2, 0) is 0 Å². The van der Waals surface area contributed by atoms with Crippen LogP contribution in [0.15, 0.2) is 47.7 Å². The summed E-state index contributed by atoms with van der Waals surface area (Å²) in [4.78, 5) is 31.8. The summed E-state index contributed by atoms with van der Waals surface area (Å²) in [5.41, 5.74) is 0.770. The van der Waals surface area contributed by atoms with Gasteiger partial charge in [0.15, 0.2) is 0 Å². The number of rotatable bonds is 2. The van der Waals surface area contributed by atoms with Crippen LogP contribution in [0.5, 0.6) is 0 Å². The molecule has 0 N–H and O–H groups in total. The minimum Gasteiger partial charge on any atom is -0.274 e. The van der Waals surface area contributed by atoms with Gasteiger partial charge in [-0.1, -0.05) is 12.1 Å².